The van der Waals surface area contributed by atoms with Gasteiger partial charge >= 0.3 is 0 Å². The summed E-state index contributed by atoms with van der Waals surface area (Å²) < 4.78 is 30.7. The fraction of sp³-hybridized carbons (Fsp3) is 0.238. The number of ether oxygens (including phenoxy) is 3. The van der Waals surface area contributed by atoms with Gasteiger partial charge in [-0.15, -0.1) is 0 Å². The number of pyridine rings is 1. The number of nitrogens with zero attached hydrogens (tertiary/aromatic N) is 3. The Kier molecular flexibility index (Phi) is 12.0. The highest BCUT2D eigenvalue weighted by Crippen LogP contribution is 2.34. The highest BCUT2D eigenvalue weighted by molar-refractivity contribution is 6.32. The molecule has 0 unspecified atom stereocenters. The Morgan fingerprint density at radius 3 is 2.27 bits per heavy atom. The Balaban J connectivity index is 0.935. The Morgan fingerprint density at radius 2 is 1.57 bits per heavy atom. The van der Waals surface area contributed by atoms with Crippen LogP contribution in [-0.4, -0.2) is 53.5 Å². The number of carbonyl (C=O) groups is 1. The van der Waals surface area contributed by atoms with Crippen LogP contribution in [0.4, 0.5) is 4.39 Å². The van der Waals surface area contributed by atoms with Gasteiger partial charge in [-0.2, -0.15) is 0 Å². The summed E-state index contributed by atoms with van der Waals surface area (Å²) in [6.07, 6.45) is 5.81. The zero-order valence-corrected chi connectivity index (χ0v) is 29.6. The Hall–Kier alpha value is -5.18. The maximum atomic E-state index is 13.1. The lowest BCUT2D eigenvalue weighted by Gasteiger charge is -2.34. The third-order valence-electron chi connectivity index (χ3n) is 8.83. The first-order valence-electron chi connectivity index (χ1n) is 17.1. The summed E-state index contributed by atoms with van der Waals surface area (Å²) in [6.45, 7) is 8.73. The van der Waals surface area contributed by atoms with E-state index in [1.807, 2.05) is 42.2 Å². The first kappa shape index (κ1) is 35.6. The van der Waals surface area contributed by atoms with Crippen LogP contribution in [0.1, 0.15) is 33.4 Å². The number of amides is 1. The molecule has 9 heteroatoms. The summed E-state index contributed by atoms with van der Waals surface area (Å²) in [5.74, 6) is 1.94. The maximum Gasteiger partial charge on any atom is 0.246 e. The average Bonchev–Trinajstić information content (AvgIpc) is 3.14. The number of aromatic nitrogens is 1. The predicted molar refractivity (Wildman–Crippen MR) is 199 cm³/mol. The normalized spacial score (nSPS) is 13.4. The van der Waals surface area contributed by atoms with E-state index in [9.17, 15) is 9.18 Å². The molecule has 1 aliphatic rings. The molecule has 0 N–H and O–H groups in total. The molecule has 6 rings (SSSR count). The van der Waals surface area contributed by atoms with Crippen molar-refractivity contribution >= 4 is 23.6 Å². The van der Waals surface area contributed by atoms with Gasteiger partial charge in [-0.1, -0.05) is 60.1 Å². The quantitative estimate of drug-likeness (QED) is 0.114. The Morgan fingerprint density at radius 1 is 0.843 bits per heavy atom. The van der Waals surface area contributed by atoms with Gasteiger partial charge in [0.25, 0.3) is 0 Å². The van der Waals surface area contributed by atoms with Crippen molar-refractivity contribution in [3.05, 3.63) is 154 Å². The molecule has 1 aliphatic heterocycles. The summed E-state index contributed by atoms with van der Waals surface area (Å²) in [5.41, 5.74) is 6.36. The fourth-order valence-electron chi connectivity index (χ4n) is 5.82. The number of halogens is 2. The number of hydrogen-bond acceptors (Lipinski definition) is 6. The van der Waals surface area contributed by atoms with E-state index >= 15 is 0 Å². The van der Waals surface area contributed by atoms with Gasteiger partial charge in [0.2, 0.25) is 11.8 Å². The molecule has 262 valence electrons. The lowest BCUT2D eigenvalue weighted by molar-refractivity contribution is -0.127. The molecule has 51 heavy (non-hydrogen) atoms. The molecule has 0 saturated carbocycles. The molecular weight excluding hydrogens is 665 g/mol. The number of aryl methyl sites for hydroxylation is 2. The first-order chi connectivity index (χ1) is 24.8. The van der Waals surface area contributed by atoms with Crippen LogP contribution in [0.3, 0.4) is 0 Å². The summed E-state index contributed by atoms with van der Waals surface area (Å²) in [7, 11) is 0. The molecule has 7 nitrogen and oxygen atoms in total. The van der Waals surface area contributed by atoms with Gasteiger partial charge in [0.1, 0.15) is 23.9 Å². The van der Waals surface area contributed by atoms with Gasteiger partial charge in [0.15, 0.2) is 5.75 Å². The van der Waals surface area contributed by atoms with Crippen LogP contribution in [0.2, 0.25) is 5.02 Å². The number of piperazine rings is 1. The highest BCUT2D eigenvalue weighted by Gasteiger charge is 2.20. The van der Waals surface area contributed by atoms with Crippen molar-refractivity contribution in [1.29, 1.82) is 0 Å². The van der Waals surface area contributed by atoms with Gasteiger partial charge in [-0.25, -0.2) is 9.37 Å². The third kappa shape index (κ3) is 10.2. The number of carbonyl (C=O) groups excluding carboxylic acids is 1. The van der Waals surface area contributed by atoms with Crippen molar-refractivity contribution < 1.29 is 23.4 Å². The Bertz CT molecular complexity index is 1920. The second kappa shape index (κ2) is 17.2. The molecule has 0 bridgehead atoms. The molecule has 1 fully saturated rings. The molecule has 0 radical (unpaired) electrons. The van der Waals surface area contributed by atoms with E-state index in [0.29, 0.717) is 54.5 Å². The van der Waals surface area contributed by atoms with Crippen LogP contribution >= 0.6 is 11.6 Å². The maximum absolute atomic E-state index is 13.1. The lowest BCUT2D eigenvalue weighted by atomic mass is 10.1. The van der Waals surface area contributed by atoms with E-state index in [0.717, 1.165) is 42.7 Å². The zero-order chi connectivity index (χ0) is 35.6. The minimum Gasteiger partial charge on any atom is -0.493 e. The van der Waals surface area contributed by atoms with E-state index in [1.165, 1.54) is 28.8 Å². The summed E-state index contributed by atoms with van der Waals surface area (Å²) in [6, 6.07) is 30.0. The Labute approximate surface area is 303 Å². The predicted octanol–water partition coefficient (Wildman–Crippen LogP) is 8.84. The van der Waals surface area contributed by atoms with Crippen LogP contribution < -0.4 is 14.2 Å². The molecule has 0 atom stereocenters. The fourth-order valence-corrected chi connectivity index (χ4v) is 6.13. The van der Waals surface area contributed by atoms with Crippen LogP contribution in [0.25, 0.3) is 6.08 Å². The van der Waals surface area contributed by atoms with Crippen molar-refractivity contribution in [1.82, 2.24) is 14.8 Å². The van der Waals surface area contributed by atoms with Gasteiger partial charge < -0.3 is 19.1 Å². The van der Waals surface area contributed by atoms with Gasteiger partial charge in [-0.3, -0.25) is 9.69 Å². The van der Waals surface area contributed by atoms with Crippen molar-refractivity contribution in [2.45, 2.75) is 33.4 Å². The standard InChI is InChI=1S/C42H41ClFN3O4/c1-30-5-3-4-6-35(30)29-50-38-16-17-40(45-27-38)51-42-31(2)25-34(26-39(42)43)11-18-41(48)47-22-20-46(21-23-47)28-33-9-7-32(8-10-33)19-24-49-37-14-12-36(44)13-15-37/h3-18,25-27H,19-24,28-29H2,1-2H3. The third-order valence-corrected chi connectivity index (χ3v) is 9.11. The average molecular weight is 706 g/mol. The minimum absolute atomic E-state index is 0.0232. The molecule has 1 aromatic heterocycles. The number of rotatable bonds is 13. The van der Waals surface area contributed by atoms with Crippen LogP contribution in [0, 0.1) is 19.7 Å². The molecule has 4 aromatic carbocycles. The van der Waals surface area contributed by atoms with Gasteiger partial charge in [0, 0.05) is 51.3 Å². The van der Waals surface area contributed by atoms with Crippen molar-refractivity contribution in [2.24, 2.45) is 0 Å². The first-order valence-corrected chi connectivity index (χ1v) is 17.4. The molecular formula is C42H41ClFN3O4. The topological polar surface area (TPSA) is 64.1 Å². The molecule has 0 aliphatic carbocycles. The van der Waals surface area contributed by atoms with E-state index in [1.54, 1.807) is 42.6 Å². The van der Waals surface area contributed by atoms with Crippen LogP contribution in [0.15, 0.2) is 109 Å². The van der Waals surface area contributed by atoms with E-state index in [4.69, 9.17) is 25.8 Å². The molecule has 2 heterocycles. The smallest absolute Gasteiger partial charge is 0.246 e. The van der Waals surface area contributed by atoms with E-state index < -0.39 is 0 Å². The second-order valence-electron chi connectivity index (χ2n) is 12.6. The number of benzene rings is 4. The van der Waals surface area contributed by atoms with E-state index in [2.05, 4.69) is 47.1 Å². The summed E-state index contributed by atoms with van der Waals surface area (Å²) in [5, 5.41) is 0.434. The molecule has 5 aromatic rings. The van der Waals surface area contributed by atoms with Crippen LogP contribution in [0.5, 0.6) is 23.1 Å². The van der Waals surface area contributed by atoms with Crippen LogP contribution in [-0.2, 0) is 24.4 Å². The van der Waals surface area contributed by atoms with Crippen molar-refractivity contribution in [3.63, 3.8) is 0 Å². The highest BCUT2D eigenvalue weighted by atomic mass is 35.5. The largest absolute Gasteiger partial charge is 0.493 e. The summed E-state index contributed by atoms with van der Waals surface area (Å²) >= 11 is 6.62. The zero-order valence-electron chi connectivity index (χ0n) is 28.9. The molecule has 1 saturated heterocycles. The van der Waals surface area contributed by atoms with Crippen molar-refractivity contribution in [2.75, 3.05) is 32.8 Å². The van der Waals surface area contributed by atoms with Gasteiger partial charge in [0.05, 0.1) is 17.8 Å². The van der Waals surface area contributed by atoms with Gasteiger partial charge in [-0.05, 0) is 95.8 Å². The SMILES string of the molecule is Cc1ccccc1COc1ccc(Oc2c(C)cc(C=CC(=O)N3CCN(Cc4ccc(CCOc5ccc(F)cc5)cc4)CC3)cc2Cl)nc1. The lowest BCUT2D eigenvalue weighted by Crippen LogP contribution is -2.47. The number of hydrogen-bond donors (Lipinski definition) is 0. The monoisotopic (exact) mass is 705 g/mol. The minimum atomic E-state index is -0.272. The molecule has 0 spiro atoms. The second-order valence-corrected chi connectivity index (χ2v) is 13.0. The molecule has 1 amide bonds. The summed E-state index contributed by atoms with van der Waals surface area (Å²) in [4.78, 5) is 21.7. The van der Waals surface area contributed by atoms with E-state index in [-0.39, 0.29) is 11.7 Å². The van der Waals surface area contributed by atoms with Crippen molar-refractivity contribution in [3.8, 4) is 23.1 Å².